The van der Waals surface area contributed by atoms with E-state index in [0.29, 0.717) is 34.9 Å². The number of fused-ring (bicyclic) bond motifs is 24. The summed E-state index contributed by atoms with van der Waals surface area (Å²) in [5.41, 5.74) is 30.9. The second-order valence-corrected chi connectivity index (χ2v) is 35.2. The molecule has 0 radical (unpaired) electrons. The predicted molar refractivity (Wildman–Crippen MR) is 522 cm³/mol. The lowest BCUT2D eigenvalue weighted by molar-refractivity contribution is 0.724. The van der Waals surface area contributed by atoms with E-state index in [4.69, 9.17) is 39.9 Å². The van der Waals surface area contributed by atoms with Gasteiger partial charge in [-0.3, -0.25) is 0 Å². The van der Waals surface area contributed by atoms with Gasteiger partial charge < -0.3 is 0 Å². The van der Waals surface area contributed by atoms with Crippen molar-refractivity contribution in [1.29, 1.82) is 0 Å². The largest absolute Gasteiger partial charge is 0.247 e. The Kier molecular flexibility index (Phi) is 17.8. The minimum absolute atomic E-state index is 0.482. The van der Waals surface area contributed by atoms with Crippen molar-refractivity contribution in [3.63, 3.8) is 0 Å². The molecular formula is C118H72N8S2. The Hall–Kier alpha value is -16.0. The highest BCUT2D eigenvalue weighted by atomic mass is 32.2. The SMILES string of the molecule is c1ccc(-c2nc(-c3ccccc3)nc(-c3ccc(-c4ccc5nc(-c6ccccc6)c6cc7c(cc6c5c4)C4(c5ccccc5S7)c5ccccc5-c5ccccc54)cc3)n2)cc1.c1ccc(-c2nc(-c3ccccc3)nc(-c3cccc(-c4ccc5nc(-c6ccccc6)c6cc7c(cc6c5c4)C4(c5ccccc5S7)c5ccccc5-c5ccccc54)c3)n2)cc1. The second-order valence-electron chi connectivity index (χ2n) is 33.0. The maximum Gasteiger partial charge on any atom is 0.164 e. The highest BCUT2D eigenvalue weighted by Crippen LogP contribution is 2.65. The van der Waals surface area contributed by atoms with Gasteiger partial charge in [0.05, 0.1) is 33.3 Å². The smallest absolute Gasteiger partial charge is 0.164 e. The first kappa shape index (κ1) is 74.6. The van der Waals surface area contributed by atoms with E-state index in [1.54, 1.807) is 0 Å². The van der Waals surface area contributed by atoms with Crippen molar-refractivity contribution in [1.82, 2.24) is 39.9 Å². The molecule has 8 nitrogen and oxygen atoms in total. The summed E-state index contributed by atoms with van der Waals surface area (Å²) in [6.45, 7) is 0. The van der Waals surface area contributed by atoms with Gasteiger partial charge in [0.1, 0.15) is 0 Å². The number of hydrogen-bond donors (Lipinski definition) is 0. The van der Waals surface area contributed by atoms with Crippen LogP contribution in [0.2, 0.25) is 0 Å². The summed E-state index contributed by atoms with van der Waals surface area (Å²) in [7, 11) is 0. The maximum atomic E-state index is 5.47. The van der Waals surface area contributed by atoms with Gasteiger partial charge in [-0.2, -0.15) is 0 Å². The van der Waals surface area contributed by atoms with E-state index < -0.39 is 10.8 Å². The van der Waals surface area contributed by atoms with Gasteiger partial charge in [0, 0.05) is 85.6 Å². The van der Waals surface area contributed by atoms with Gasteiger partial charge in [-0.25, -0.2) is 39.9 Å². The number of pyridine rings is 2. The summed E-state index contributed by atoms with van der Waals surface area (Å²) in [6, 6.07) is 156. The standard InChI is InChI=1S/2C59H36N4S/c1-4-17-37(18-5-1)55-47-36-54-51(59(50-29-14-15-30-53(50)64-54)48-27-12-10-25-43(48)44-26-11-13-28-49(44)59)35-45(47)46-34-41(31-32-52(46)60-55)40-23-16-24-42(33-40)58-62-56(38-19-6-2-7-20-38)61-57(63-58)39-21-8-3-9-22-39;1-4-16-38(17-5-1)55-47-36-54-51(59(50-26-14-15-27-53(50)64-54)48-24-12-10-22-43(48)44-23-11-13-25-49(44)59)35-45(47)46-34-42(32-33-52(46)60-55)37-28-30-41(31-29-37)58-62-56(39-18-6-2-7-19-39)61-57(63-58)40-20-8-3-9-21-40/h2*1-36H. The van der Waals surface area contributed by atoms with E-state index in [0.717, 1.165) is 111 Å². The van der Waals surface area contributed by atoms with Crippen molar-refractivity contribution in [3.05, 3.63) is 481 Å². The van der Waals surface area contributed by atoms with Gasteiger partial charge >= 0.3 is 0 Å². The lowest BCUT2D eigenvalue weighted by Gasteiger charge is -2.40. The lowest BCUT2D eigenvalue weighted by Crippen LogP contribution is -2.32. The van der Waals surface area contributed by atoms with Crippen LogP contribution in [0.3, 0.4) is 0 Å². The van der Waals surface area contributed by atoms with E-state index in [-0.39, 0.29) is 0 Å². The van der Waals surface area contributed by atoms with Crippen LogP contribution in [0.15, 0.2) is 456 Å². The molecule has 22 aromatic rings. The monoisotopic (exact) mass is 1660 g/mol. The molecule has 0 saturated heterocycles. The van der Waals surface area contributed by atoms with E-state index in [2.05, 4.69) is 315 Å². The summed E-state index contributed by atoms with van der Waals surface area (Å²) in [5, 5.41) is 6.88. The van der Waals surface area contributed by atoms with Gasteiger partial charge in [-0.15, -0.1) is 0 Å². The fourth-order valence-electron chi connectivity index (χ4n) is 20.2. The van der Waals surface area contributed by atoms with E-state index >= 15 is 0 Å². The van der Waals surface area contributed by atoms with Gasteiger partial charge in [0.15, 0.2) is 34.9 Å². The molecule has 0 fully saturated rings. The third-order valence-electron chi connectivity index (χ3n) is 25.9. The first-order valence-electron chi connectivity index (χ1n) is 43.3. The zero-order valence-corrected chi connectivity index (χ0v) is 70.6. The molecule has 0 bridgehead atoms. The van der Waals surface area contributed by atoms with Crippen LogP contribution in [0, 0.1) is 0 Å². The number of nitrogens with zero attached hydrogens (tertiary/aromatic N) is 8. The Morgan fingerprint density at radius 2 is 0.414 bits per heavy atom. The third-order valence-corrected chi connectivity index (χ3v) is 28.2. The minimum atomic E-state index is -0.491. The molecular weight excluding hydrogens is 1590 g/mol. The molecule has 596 valence electrons. The average molecular weight is 1670 g/mol. The summed E-state index contributed by atoms with van der Waals surface area (Å²) in [6.07, 6.45) is 0. The van der Waals surface area contributed by atoms with Crippen LogP contribution in [-0.2, 0) is 10.8 Å². The van der Waals surface area contributed by atoms with Crippen molar-refractivity contribution in [2.45, 2.75) is 30.4 Å². The Labute approximate surface area is 748 Å². The van der Waals surface area contributed by atoms with Crippen LogP contribution in [0.5, 0.6) is 0 Å². The van der Waals surface area contributed by atoms with Crippen LogP contribution in [0.1, 0.15) is 44.5 Å². The molecule has 26 rings (SSSR count). The van der Waals surface area contributed by atoms with Crippen molar-refractivity contribution < 1.29 is 0 Å². The Bertz CT molecular complexity index is 8040. The molecule has 2 aliphatic heterocycles. The molecule has 128 heavy (non-hydrogen) atoms. The second kappa shape index (κ2) is 30.5. The molecule has 2 aliphatic carbocycles. The van der Waals surface area contributed by atoms with Crippen molar-refractivity contribution in [2.75, 3.05) is 0 Å². The Morgan fingerprint density at radius 3 is 0.781 bits per heavy atom. The molecule has 10 heteroatoms. The quantitative estimate of drug-likeness (QED) is 0.123. The summed E-state index contributed by atoms with van der Waals surface area (Å²) in [5.74, 6) is 3.83. The number of benzene rings is 18. The van der Waals surface area contributed by atoms with Crippen LogP contribution in [0.25, 0.3) is 179 Å². The molecule has 0 atom stereocenters. The topological polar surface area (TPSA) is 103 Å². The van der Waals surface area contributed by atoms with E-state index in [1.165, 1.54) is 97.1 Å². The zero-order chi connectivity index (χ0) is 84.4. The van der Waals surface area contributed by atoms with Gasteiger partial charge in [0.2, 0.25) is 0 Å². The number of aromatic nitrogens is 8. The van der Waals surface area contributed by atoms with Gasteiger partial charge in [0.25, 0.3) is 0 Å². The Morgan fingerprint density at radius 1 is 0.148 bits per heavy atom. The predicted octanol–water partition coefficient (Wildman–Crippen LogP) is 29.5. The highest BCUT2D eigenvalue weighted by Gasteiger charge is 2.52. The van der Waals surface area contributed by atoms with Crippen LogP contribution < -0.4 is 0 Å². The number of hydrogen-bond acceptors (Lipinski definition) is 10. The van der Waals surface area contributed by atoms with Crippen LogP contribution in [-0.4, -0.2) is 39.9 Å². The van der Waals surface area contributed by atoms with Crippen molar-refractivity contribution in [3.8, 4) is 135 Å². The molecule has 18 aromatic carbocycles. The molecule has 0 amide bonds. The fraction of sp³-hybridized carbons (Fsp3) is 0.0169. The van der Waals surface area contributed by atoms with Gasteiger partial charge in [-0.05, 0) is 167 Å². The third kappa shape index (κ3) is 12.2. The minimum Gasteiger partial charge on any atom is -0.247 e. The maximum absolute atomic E-state index is 5.47. The Balaban J connectivity index is 0.000000139. The zero-order valence-electron chi connectivity index (χ0n) is 69.0. The van der Waals surface area contributed by atoms with Crippen molar-refractivity contribution >= 4 is 66.9 Å². The number of rotatable bonds is 10. The average Bonchev–Trinajstić information content (AvgIpc) is 1.52. The lowest BCUT2D eigenvalue weighted by atomic mass is 9.67. The molecule has 4 aromatic heterocycles. The summed E-state index contributed by atoms with van der Waals surface area (Å²) in [4.78, 5) is 45.9. The molecule has 4 aliphatic rings. The molecule has 0 unspecified atom stereocenters. The fourth-order valence-corrected chi connectivity index (χ4v) is 22.6. The first-order valence-corrected chi connectivity index (χ1v) is 44.9. The first-order chi connectivity index (χ1) is 63.4. The van der Waals surface area contributed by atoms with Crippen LogP contribution >= 0.6 is 23.5 Å². The van der Waals surface area contributed by atoms with E-state index in [9.17, 15) is 0 Å². The van der Waals surface area contributed by atoms with E-state index in [1.807, 2.05) is 145 Å². The summed E-state index contributed by atoms with van der Waals surface area (Å²) >= 11 is 3.74. The molecule has 6 heterocycles. The molecule has 0 N–H and O–H groups in total. The van der Waals surface area contributed by atoms with Crippen molar-refractivity contribution in [2.24, 2.45) is 0 Å². The highest BCUT2D eigenvalue weighted by molar-refractivity contribution is 7.99. The van der Waals surface area contributed by atoms with Crippen LogP contribution in [0.4, 0.5) is 0 Å². The molecule has 2 spiro atoms. The molecule has 0 saturated carbocycles. The van der Waals surface area contributed by atoms with Gasteiger partial charge in [-0.1, -0.05) is 394 Å². The normalized spacial score (nSPS) is 13.1. The summed E-state index contributed by atoms with van der Waals surface area (Å²) < 4.78 is 0.